The maximum absolute atomic E-state index is 11.8. The summed E-state index contributed by atoms with van der Waals surface area (Å²) in [4.78, 5) is 14.8. The van der Waals surface area contributed by atoms with Gasteiger partial charge in [0, 0.05) is 22.6 Å². The molecular formula is C12H15N3O2. The fraction of sp³-hybridized carbons (Fsp3) is 0.250. The van der Waals surface area contributed by atoms with Crippen molar-refractivity contribution in [2.75, 3.05) is 12.3 Å². The standard InChI is InChI=1S/C12H15N3O2/c1-7(6-16)14-12(17)11-5-8-4-9(13)2-3-10(8)15-11/h2-5,7,15-16H,6,13H2,1H3,(H,14,17)/t7-/m1/s1. The molecule has 0 saturated heterocycles. The molecule has 17 heavy (non-hydrogen) atoms. The number of aliphatic hydroxyl groups excluding tert-OH is 1. The van der Waals surface area contributed by atoms with Gasteiger partial charge in [-0.1, -0.05) is 0 Å². The quantitative estimate of drug-likeness (QED) is 0.592. The van der Waals surface area contributed by atoms with Gasteiger partial charge in [-0.25, -0.2) is 0 Å². The largest absolute Gasteiger partial charge is 0.399 e. The van der Waals surface area contributed by atoms with Crippen LogP contribution in [0.1, 0.15) is 17.4 Å². The van der Waals surface area contributed by atoms with E-state index in [9.17, 15) is 4.79 Å². The van der Waals surface area contributed by atoms with Gasteiger partial charge in [-0.3, -0.25) is 4.79 Å². The van der Waals surface area contributed by atoms with Crippen molar-refractivity contribution in [3.8, 4) is 0 Å². The summed E-state index contributed by atoms with van der Waals surface area (Å²) in [5.74, 6) is -0.235. The van der Waals surface area contributed by atoms with Crippen LogP contribution in [0.5, 0.6) is 0 Å². The number of fused-ring (bicyclic) bond motifs is 1. The van der Waals surface area contributed by atoms with Gasteiger partial charge in [0.25, 0.3) is 5.91 Å². The number of nitrogens with one attached hydrogen (secondary N) is 2. The number of hydrogen-bond donors (Lipinski definition) is 4. The zero-order valence-electron chi connectivity index (χ0n) is 9.53. The Morgan fingerprint density at radius 2 is 2.29 bits per heavy atom. The second-order valence-corrected chi connectivity index (χ2v) is 4.09. The van der Waals surface area contributed by atoms with Crippen molar-refractivity contribution in [1.82, 2.24) is 10.3 Å². The molecule has 0 radical (unpaired) electrons. The van der Waals surface area contributed by atoms with Gasteiger partial charge in [0.15, 0.2) is 0 Å². The van der Waals surface area contributed by atoms with Crippen LogP contribution in [0.15, 0.2) is 24.3 Å². The Balaban J connectivity index is 2.27. The highest BCUT2D eigenvalue weighted by molar-refractivity contribution is 5.98. The van der Waals surface area contributed by atoms with Crippen molar-refractivity contribution in [1.29, 1.82) is 0 Å². The highest BCUT2D eigenvalue weighted by atomic mass is 16.3. The van der Waals surface area contributed by atoms with Gasteiger partial charge in [0.1, 0.15) is 5.69 Å². The van der Waals surface area contributed by atoms with E-state index in [4.69, 9.17) is 10.8 Å². The van der Waals surface area contributed by atoms with E-state index >= 15 is 0 Å². The topological polar surface area (TPSA) is 91.1 Å². The predicted molar refractivity (Wildman–Crippen MR) is 66.7 cm³/mol. The van der Waals surface area contributed by atoms with Gasteiger partial charge in [0.2, 0.25) is 0 Å². The van der Waals surface area contributed by atoms with E-state index in [2.05, 4.69) is 10.3 Å². The van der Waals surface area contributed by atoms with Crippen LogP contribution in [-0.2, 0) is 0 Å². The van der Waals surface area contributed by atoms with Crippen LogP contribution in [0.4, 0.5) is 5.69 Å². The summed E-state index contributed by atoms with van der Waals surface area (Å²) < 4.78 is 0. The van der Waals surface area contributed by atoms with E-state index < -0.39 is 0 Å². The normalized spacial score (nSPS) is 12.6. The van der Waals surface area contributed by atoms with Crippen molar-refractivity contribution in [3.63, 3.8) is 0 Å². The number of aromatic nitrogens is 1. The minimum atomic E-state index is -0.265. The summed E-state index contributed by atoms with van der Waals surface area (Å²) in [6, 6.07) is 6.88. The van der Waals surface area contributed by atoms with Crippen LogP contribution in [0.2, 0.25) is 0 Å². The van der Waals surface area contributed by atoms with Crippen LogP contribution in [0.25, 0.3) is 10.9 Å². The van der Waals surface area contributed by atoms with Crippen LogP contribution < -0.4 is 11.1 Å². The lowest BCUT2D eigenvalue weighted by Crippen LogP contribution is -2.35. The summed E-state index contributed by atoms with van der Waals surface area (Å²) in [5, 5.41) is 12.4. The first-order valence-electron chi connectivity index (χ1n) is 5.40. The molecule has 1 atom stereocenters. The molecule has 2 rings (SSSR count). The molecule has 0 unspecified atom stereocenters. The van der Waals surface area contributed by atoms with E-state index in [0.29, 0.717) is 11.4 Å². The molecule has 0 aliphatic heterocycles. The number of carbonyl (C=O) groups excluding carboxylic acids is 1. The Bertz CT molecular complexity index is 548. The molecule has 90 valence electrons. The van der Waals surface area contributed by atoms with Crippen molar-refractivity contribution in [2.24, 2.45) is 0 Å². The van der Waals surface area contributed by atoms with Crippen molar-refractivity contribution < 1.29 is 9.90 Å². The summed E-state index contributed by atoms with van der Waals surface area (Å²) in [6.07, 6.45) is 0. The smallest absolute Gasteiger partial charge is 0.268 e. The lowest BCUT2D eigenvalue weighted by Gasteiger charge is -2.08. The number of hydrogen-bond acceptors (Lipinski definition) is 3. The van der Waals surface area contributed by atoms with Gasteiger partial charge in [-0.2, -0.15) is 0 Å². The van der Waals surface area contributed by atoms with Crippen molar-refractivity contribution >= 4 is 22.5 Å². The summed E-state index contributed by atoms with van der Waals surface area (Å²) in [5.41, 5.74) is 7.65. The lowest BCUT2D eigenvalue weighted by molar-refractivity contribution is 0.0918. The highest BCUT2D eigenvalue weighted by Gasteiger charge is 2.11. The number of nitrogen functional groups attached to an aromatic ring is 1. The predicted octanol–water partition coefficient (Wildman–Crippen LogP) is 0.861. The fourth-order valence-corrected chi connectivity index (χ4v) is 1.62. The number of amides is 1. The Kier molecular flexibility index (Phi) is 3.01. The number of aromatic amines is 1. The maximum Gasteiger partial charge on any atom is 0.268 e. The Morgan fingerprint density at radius 3 is 3.00 bits per heavy atom. The SMILES string of the molecule is C[C@H](CO)NC(=O)c1cc2cc(N)ccc2[nH]1. The minimum absolute atomic E-state index is 0.0844. The van der Waals surface area contributed by atoms with Gasteiger partial charge < -0.3 is 21.1 Å². The number of H-pyrrole nitrogens is 1. The zero-order chi connectivity index (χ0) is 12.4. The molecular weight excluding hydrogens is 218 g/mol. The molecule has 2 aromatic rings. The van der Waals surface area contributed by atoms with Crippen LogP contribution in [0, 0.1) is 0 Å². The van der Waals surface area contributed by atoms with Gasteiger partial charge in [-0.05, 0) is 31.2 Å². The molecule has 0 spiro atoms. The van der Waals surface area contributed by atoms with Crippen molar-refractivity contribution in [2.45, 2.75) is 13.0 Å². The molecule has 0 aliphatic carbocycles. The Morgan fingerprint density at radius 1 is 1.53 bits per heavy atom. The molecule has 0 bridgehead atoms. The molecule has 5 nitrogen and oxygen atoms in total. The first-order chi connectivity index (χ1) is 8.10. The summed E-state index contributed by atoms with van der Waals surface area (Å²) in [7, 11) is 0. The number of carbonyl (C=O) groups is 1. The monoisotopic (exact) mass is 233 g/mol. The number of nitrogens with two attached hydrogens (primary N) is 1. The van der Waals surface area contributed by atoms with Gasteiger partial charge in [0.05, 0.1) is 6.61 Å². The molecule has 0 fully saturated rings. The highest BCUT2D eigenvalue weighted by Crippen LogP contribution is 2.18. The van der Waals surface area contributed by atoms with E-state index in [1.165, 1.54) is 0 Å². The van der Waals surface area contributed by atoms with E-state index in [1.807, 2.05) is 6.07 Å². The molecule has 0 aliphatic rings. The van der Waals surface area contributed by atoms with Crippen LogP contribution in [-0.4, -0.2) is 28.6 Å². The first-order valence-corrected chi connectivity index (χ1v) is 5.40. The van der Waals surface area contributed by atoms with Crippen LogP contribution in [0.3, 0.4) is 0 Å². The molecule has 1 amide bonds. The third-order valence-electron chi connectivity index (χ3n) is 2.54. The Hall–Kier alpha value is -2.01. The second-order valence-electron chi connectivity index (χ2n) is 4.09. The molecule has 0 saturated carbocycles. The molecule has 5 heteroatoms. The third kappa shape index (κ3) is 2.39. The molecule has 1 aromatic carbocycles. The average Bonchev–Trinajstić information content (AvgIpc) is 2.71. The van der Waals surface area contributed by atoms with E-state index in [0.717, 1.165) is 10.9 Å². The number of aliphatic hydroxyl groups is 1. The first kappa shape index (κ1) is 11.5. The zero-order valence-corrected chi connectivity index (χ0v) is 9.53. The Labute approximate surface area is 98.6 Å². The van der Waals surface area contributed by atoms with E-state index in [-0.39, 0.29) is 18.6 Å². The molecule has 1 aromatic heterocycles. The third-order valence-corrected chi connectivity index (χ3v) is 2.54. The second kappa shape index (κ2) is 4.47. The van der Waals surface area contributed by atoms with E-state index in [1.54, 1.807) is 25.1 Å². The summed E-state index contributed by atoms with van der Waals surface area (Å²) in [6.45, 7) is 1.65. The summed E-state index contributed by atoms with van der Waals surface area (Å²) >= 11 is 0. The number of anilines is 1. The number of benzene rings is 1. The molecule has 1 heterocycles. The molecule has 5 N–H and O–H groups in total. The minimum Gasteiger partial charge on any atom is -0.399 e. The lowest BCUT2D eigenvalue weighted by atomic mass is 10.2. The average molecular weight is 233 g/mol. The maximum atomic E-state index is 11.8. The van der Waals surface area contributed by atoms with Gasteiger partial charge >= 0.3 is 0 Å². The number of rotatable bonds is 3. The van der Waals surface area contributed by atoms with Gasteiger partial charge in [-0.15, -0.1) is 0 Å². The van der Waals surface area contributed by atoms with Crippen molar-refractivity contribution in [3.05, 3.63) is 30.0 Å². The van der Waals surface area contributed by atoms with Crippen LogP contribution >= 0.6 is 0 Å². The fourth-order valence-electron chi connectivity index (χ4n) is 1.62.